The van der Waals surface area contributed by atoms with E-state index >= 15 is 0 Å². The van der Waals surface area contributed by atoms with Gasteiger partial charge in [-0.1, -0.05) is 56.4 Å². The lowest BCUT2D eigenvalue weighted by atomic mass is 9.79. The molecular weight excluding hydrogens is 292 g/mol. The number of rotatable bonds is 8. The van der Waals surface area contributed by atoms with Gasteiger partial charge < -0.3 is 4.74 Å². The van der Waals surface area contributed by atoms with Crippen molar-refractivity contribution >= 4 is 11.6 Å². The Bertz CT molecular complexity index is 430. The first-order valence-electron chi connectivity index (χ1n) is 8.83. The maximum atomic E-state index is 5.86. The lowest BCUT2D eigenvalue weighted by molar-refractivity contribution is 0.288. The van der Waals surface area contributed by atoms with Crippen molar-refractivity contribution in [2.45, 2.75) is 58.3 Å². The summed E-state index contributed by atoms with van der Waals surface area (Å²) in [5.74, 6) is 2.63. The van der Waals surface area contributed by atoms with Gasteiger partial charge in [0.25, 0.3) is 0 Å². The van der Waals surface area contributed by atoms with Crippen LogP contribution >= 0.6 is 11.6 Å². The highest BCUT2D eigenvalue weighted by Crippen LogP contribution is 2.32. The average Bonchev–Trinajstić information content (AvgIpc) is 2.55. The second kappa shape index (κ2) is 9.94. The normalized spacial score (nSPS) is 22.1. The third kappa shape index (κ3) is 6.44. The Labute approximate surface area is 140 Å². The first-order chi connectivity index (χ1) is 10.8. The van der Waals surface area contributed by atoms with Crippen LogP contribution in [0.5, 0.6) is 5.75 Å². The van der Waals surface area contributed by atoms with Gasteiger partial charge in [0, 0.05) is 5.02 Å². The summed E-state index contributed by atoms with van der Waals surface area (Å²) >= 11 is 5.86. The van der Waals surface area contributed by atoms with E-state index in [-0.39, 0.29) is 0 Å². The zero-order valence-corrected chi connectivity index (χ0v) is 14.5. The summed E-state index contributed by atoms with van der Waals surface area (Å²) in [7, 11) is 0. The van der Waals surface area contributed by atoms with Gasteiger partial charge in [-0.15, -0.1) is 0 Å². The van der Waals surface area contributed by atoms with Gasteiger partial charge >= 0.3 is 0 Å². The van der Waals surface area contributed by atoms with Crippen LogP contribution in [0.4, 0.5) is 0 Å². The Morgan fingerprint density at radius 3 is 2.50 bits per heavy atom. The predicted molar refractivity (Wildman–Crippen MR) is 95.7 cm³/mol. The van der Waals surface area contributed by atoms with Crippen molar-refractivity contribution in [1.82, 2.24) is 0 Å². The van der Waals surface area contributed by atoms with Crippen molar-refractivity contribution < 1.29 is 4.74 Å². The topological polar surface area (TPSA) is 9.23 Å². The molecule has 2 heteroatoms. The molecule has 0 radical (unpaired) electrons. The standard InChI is InChI=1S/C20H29ClO/c1-2-3-4-6-17-8-10-18(11-9-17)7-5-16-22-20-14-12-19(21)13-15-20/h5,7,12-15,17-18H,2-4,6,8-11,16H2,1H3/b7-5+. The van der Waals surface area contributed by atoms with E-state index in [0.29, 0.717) is 6.61 Å². The van der Waals surface area contributed by atoms with E-state index < -0.39 is 0 Å². The van der Waals surface area contributed by atoms with E-state index in [9.17, 15) is 0 Å². The number of benzene rings is 1. The lowest BCUT2D eigenvalue weighted by Gasteiger charge is -2.26. The molecular formula is C20H29ClO. The Hall–Kier alpha value is -0.950. The van der Waals surface area contributed by atoms with Crippen molar-refractivity contribution in [3.63, 3.8) is 0 Å². The Balaban J connectivity index is 1.60. The highest BCUT2D eigenvalue weighted by Gasteiger charge is 2.18. The number of hydrogen-bond acceptors (Lipinski definition) is 1. The van der Waals surface area contributed by atoms with Gasteiger partial charge in [-0.3, -0.25) is 0 Å². The molecule has 1 nitrogen and oxygen atoms in total. The van der Waals surface area contributed by atoms with Crippen molar-refractivity contribution in [3.05, 3.63) is 41.4 Å². The van der Waals surface area contributed by atoms with Gasteiger partial charge in [-0.25, -0.2) is 0 Å². The van der Waals surface area contributed by atoms with Gasteiger partial charge in [-0.05, 0) is 61.8 Å². The van der Waals surface area contributed by atoms with E-state index in [1.54, 1.807) is 0 Å². The molecule has 1 fully saturated rings. The Morgan fingerprint density at radius 1 is 1.09 bits per heavy atom. The highest BCUT2D eigenvalue weighted by molar-refractivity contribution is 6.30. The quantitative estimate of drug-likeness (QED) is 0.384. The molecule has 2 rings (SSSR count). The molecule has 122 valence electrons. The first kappa shape index (κ1) is 17.4. The van der Waals surface area contributed by atoms with Gasteiger partial charge in [0.1, 0.15) is 12.4 Å². The molecule has 1 aromatic carbocycles. The van der Waals surface area contributed by atoms with Crippen molar-refractivity contribution in [2.75, 3.05) is 6.61 Å². The van der Waals surface area contributed by atoms with Crippen LogP contribution in [0.3, 0.4) is 0 Å². The third-order valence-electron chi connectivity index (χ3n) is 4.68. The van der Waals surface area contributed by atoms with Crippen molar-refractivity contribution in [3.8, 4) is 5.75 Å². The molecule has 0 unspecified atom stereocenters. The fraction of sp³-hybridized carbons (Fsp3) is 0.600. The monoisotopic (exact) mass is 320 g/mol. The molecule has 0 saturated heterocycles. The molecule has 0 amide bonds. The third-order valence-corrected chi connectivity index (χ3v) is 4.93. The van der Waals surface area contributed by atoms with E-state index in [1.807, 2.05) is 24.3 Å². The SMILES string of the molecule is CCCCCC1CCC(/C=C/COc2ccc(Cl)cc2)CC1. The molecule has 1 aliphatic carbocycles. The van der Waals surface area contributed by atoms with Crippen LogP contribution in [0, 0.1) is 11.8 Å². The van der Waals surface area contributed by atoms with E-state index in [2.05, 4.69) is 19.1 Å². The molecule has 0 spiro atoms. The number of unbranched alkanes of at least 4 members (excludes halogenated alkanes) is 2. The molecule has 0 aromatic heterocycles. The van der Waals surface area contributed by atoms with Gasteiger partial charge in [-0.2, -0.15) is 0 Å². The number of halogens is 1. The fourth-order valence-corrected chi connectivity index (χ4v) is 3.40. The lowest BCUT2D eigenvalue weighted by Crippen LogP contribution is -2.13. The second-order valence-electron chi connectivity index (χ2n) is 6.47. The molecule has 0 bridgehead atoms. The van der Waals surface area contributed by atoms with Gasteiger partial charge in [0.2, 0.25) is 0 Å². The summed E-state index contributed by atoms with van der Waals surface area (Å²) in [5.41, 5.74) is 0. The largest absolute Gasteiger partial charge is 0.490 e. The summed E-state index contributed by atoms with van der Waals surface area (Å²) in [5, 5.41) is 0.749. The van der Waals surface area contributed by atoms with Crippen LogP contribution in [0.2, 0.25) is 5.02 Å². The smallest absolute Gasteiger partial charge is 0.119 e. The minimum atomic E-state index is 0.651. The zero-order chi connectivity index (χ0) is 15.6. The summed E-state index contributed by atoms with van der Waals surface area (Å²) in [6, 6.07) is 7.55. The minimum Gasteiger partial charge on any atom is -0.490 e. The average molecular weight is 321 g/mol. The van der Waals surface area contributed by atoms with Crippen LogP contribution in [0.25, 0.3) is 0 Å². The Kier molecular flexibility index (Phi) is 7.87. The maximum absolute atomic E-state index is 5.86. The van der Waals surface area contributed by atoms with Crippen molar-refractivity contribution in [2.24, 2.45) is 11.8 Å². The van der Waals surface area contributed by atoms with Gasteiger partial charge in [0.05, 0.1) is 0 Å². The number of ether oxygens (including phenoxy) is 1. The molecule has 1 aliphatic rings. The molecule has 0 N–H and O–H groups in total. The fourth-order valence-electron chi connectivity index (χ4n) is 3.28. The summed E-state index contributed by atoms with van der Waals surface area (Å²) in [4.78, 5) is 0. The summed E-state index contributed by atoms with van der Waals surface area (Å²) in [6.07, 6.45) is 15.7. The van der Waals surface area contributed by atoms with E-state index in [1.165, 1.54) is 51.4 Å². The second-order valence-corrected chi connectivity index (χ2v) is 6.91. The minimum absolute atomic E-state index is 0.651. The maximum Gasteiger partial charge on any atom is 0.119 e. The van der Waals surface area contributed by atoms with Crippen LogP contribution in [-0.4, -0.2) is 6.61 Å². The first-order valence-corrected chi connectivity index (χ1v) is 9.20. The van der Waals surface area contributed by atoms with E-state index in [4.69, 9.17) is 16.3 Å². The number of allylic oxidation sites excluding steroid dienone is 1. The van der Waals surface area contributed by atoms with Crippen LogP contribution in [0.1, 0.15) is 58.3 Å². The molecule has 1 saturated carbocycles. The predicted octanol–water partition coefficient (Wildman–Crippen LogP) is 6.66. The molecule has 1 aromatic rings. The van der Waals surface area contributed by atoms with Crippen molar-refractivity contribution in [1.29, 1.82) is 0 Å². The molecule has 0 aliphatic heterocycles. The molecule has 22 heavy (non-hydrogen) atoms. The van der Waals surface area contributed by atoms with Gasteiger partial charge in [0.15, 0.2) is 0 Å². The van der Waals surface area contributed by atoms with Crippen LogP contribution in [0.15, 0.2) is 36.4 Å². The summed E-state index contributed by atoms with van der Waals surface area (Å²) < 4.78 is 5.69. The Morgan fingerprint density at radius 2 is 1.82 bits per heavy atom. The highest BCUT2D eigenvalue weighted by atomic mass is 35.5. The van der Waals surface area contributed by atoms with E-state index in [0.717, 1.165) is 22.6 Å². The number of hydrogen-bond donors (Lipinski definition) is 0. The van der Waals surface area contributed by atoms with Crippen LogP contribution in [-0.2, 0) is 0 Å². The molecule has 0 heterocycles. The summed E-state index contributed by atoms with van der Waals surface area (Å²) in [6.45, 7) is 2.94. The van der Waals surface area contributed by atoms with Crippen LogP contribution < -0.4 is 4.74 Å². The molecule has 0 atom stereocenters. The zero-order valence-electron chi connectivity index (χ0n) is 13.8.